The van der Waals surface area contributed by atoms with Gasteiger partial charge in [-0.25, -0.2) is 4.79 Å². The number of ether oxygens (including phenoxy) is 3. The van der Waals surface area contributed by atoms with Crippen LogP contribution in [0.4, 0.5) is 0 Å². The molecule has 0 N–H and O–H groups in total. The summed E-state index contributed by atoms with van der Waals surface area (Å²) < 4.78 is 15.0. The zero-order chi connectivity index (χ0) is 11.0. The van der Waals surface area contributed by atoms with Gasteiger partial charge in [-0.2, -0.15) is 0 Å². The van der Waals surface area contributed by atoms with E-state index in [-0.39, 0.29) is 0 Å². The van der Waals surface area contributed by atoms with Gasteiger partial charge in [-0.3, -0.25) is 0 Å². The molecule has 0 aromatic rings. The number of carbonyl (C=O) groups is 1. The lowest BCUT2D eigenvalue weighted by Crippen LogP contribution is -2.22. The van der Waals surface area contributed by atoms with Gasteiger partial charge in [0.05, 0.1) is 6.26 Å². The quantitative estimate of drug-likeness (QED) is 0.284. The van der Waals surface area contributed by atoms with Crippen LogP contribution >= 0.6 is 0 Å². The Kier molecular flexibility index (Phi) is 6.49. The highest BCUT2D eigenvalue weighted by molar-refractivity contribution is 5.81. The summed E-state index contributed by atoms with van der Waals surface area (Å²) in [7, 11) is 0. The molecule has 80 valence electrons. The molecule has 0 aromatic carbocycles. The van der Waals surface area contributed by atoms with Gasteiger partial charge < -0.3 is 14.2 Å². The predicted molar refractivity (Wildman–Crippen MR) is 52.2 cm³/mol. The molecule has 0 aliphatic heterocycles. The van der Waals surface area contributed by atoms with E-state index in [1.54, 1.807) is 19.9 Å². The minimum Gasteiger partial charge on any atom is -0.473 e. The van der Waals surface area contributed by atoms with Crippen molar-refractivity contribution in [2.75, 3.05) is 0 Å². The zero-order valence-corrected chi connectivity index (χ0v) is 8.73. The van der Waals surface area contributed by atoms with Crippen molar-refractivity contribution in [3.63, 3.8) is 0 Å². The SMILES string of the molecule is C=CC(=O)OC(C)OC(C)O/C=C\C. The van der Waals surface area contributed by atoms with Gasteiger partial charge >= 0.3 is 5.97 Å². The molecule has 0 aromatic heterocycles. The summed E-state index contributed by atoms with van der Waals surface area (Å²) >= 11 is 0. The van der Waals surface area contributed by atoms with Crippen molar-refractivity contribution in [2.45, 2.75) is 33.4 Å². The highest BCUT2D eigenvalue weighted by Crippen LogP contribution is 2.02. The molecule has 0 saturated carbocycles. The predicted octanol–water partition coefficient (Wildman–Crippen LogP) is 1.97. The van der Waals surface area contributed by atoms with E-state index in [9.17, 15) is 4.79 Å². The smallest absolute Gasteiger partial charge is 0.332 e. The van der Waals surface area contributed by atoms with Crippen LogP contribution in [-0.2, 0) is 19.0 Å². The van der Waals surface area contributed by atoms with Crippen LogP contribution in [0.2, 0.25) is 0 Å². The Morgan fingerprint density at radius 1 is 1.36 bits per heavy atom. The van der Waals surface area contributed by atoms with Crippen molar-refractivity contribution in [3.05, 3.63) is 25.0 Å². The lowest BCUT2D eigenvalue weighted by atomic mass is 10.6. The maximum Gasteiger partial charge on any atom is 0.332 e. The van der Waals surface area contributed by atoms with E-state index >= 15 is 0 Å². The third kappa shape index (κ3) is 6.25. The van der Waals surface area contributed by atoms with Gasteiger partial charge in [0.25, 0.3) is 0 Å². The van der Waals surface area contributed by atoms with Crippen molar-refractivity contribution < 1.29 is 19.0 Å². The number of hydrogen-bond acceptors (Lipinski definition) is 4. The summed E-state index contributed by atoms with van der Waals surface area (Å²) in [6, 6.07) is 0. The third-order valence-corrected chi connectivity index (χ3v) is 1.24. The van der Waals surface area contributed by atoms with E-state index in [1.807, 2.05) is 6.92 Å². The molecule has 0 bridgehead atoms. The van der Waals surface area contributed by atoms with Crippen molar-refractivity contribution in [1.29, 1.82) is 0 Å². The van der Waals surface area contributed by atoms with Crippen molar-refractivity contribution in [3.8, 4) is 0 Å². The van der Waals surface area contributed by atoms with Crippen LogP contribution < -0.4 is 0 Å². The maximum atomic E-state index is 10.7. The standard InChI is InChI=1S/C10H16O4/c1-5-7-12-8(3)13-9(4)14-10(11)6-2/h5-9H,2H2,1,3-4H3/b7-5-. The van der Waals surface area contributed by atoms with E-state index in [4.69, 9.17) is 14.2 Å². The van der Waals surface area contributed by atoms with Crippen molar-refractivity contribution in [1.82, 2.24) is 0 Å². The molecule has 0 amide bonds. The first-order chi connectivity index (χ1) is 6.60. The molecular weight excluding hydrogens is 184 g/mol. The summed E-state index contributed by atoms with van der Waals surface area (Å²) in [5.74, 6) is -0.518. The van der Waals surface area contributed by atoms with Crippen LogP contribution in [0.15, 0.2) is 25.0 Å². The second-order valence-corrected chi connectivity index (χ2v) is 2.52. The molecule has 0 fully saturated rings. The highest BCUT2D eigenvalue weighted by atomic mass is 16.8. The Morgan fingerprint density at radius 3 is 2.50 bits per heavy atom. The third-order valence-electron chi connectivity index (χ3n) is 1.24. The summed E-state index contributed by atoms with van der Waals surface area (Å²) in [6.07, 6.45) is 3.21. The molecule has 0 spiro atoms. The number of esters is 1. The van der Waals surface area contributed by atoms with Crippen LogP contribution in [0, 0.1) is 0 Å². The Balaban J connectivity index is 3.75. The van der Waals surface area contributed by atoms with Crippen LogP contribution in [0.25, 0.3) is 0 Å². The lowest BCUT2D eigenvalue weighted by molar-refractivity contribution is -0.213. The normalized spacial score (nSPS) is 14.8. The number of hydrogen-bond donors (Lipinski definition) is 0. The second-order valence-electron chi connectivity index (χ2n) is 2.52. The maximum absolute atomic E-state index is 10.7. The van der Waals surface area contributed by atoms with Crippen molar-refractivity contribution in [2.24, 2.45) is 0 Å². The molecule has 4 nitrogen and oxygen atoms in total. The topological polar surface area (TPSA) is 44.8 Å². The molecule has 0 saturated heterocycles. The summed E-state index contributed by atoms with van der Waals surface area (Å²) in [5, 5.41) is 0. The molecule has 0 heterocycles. The van der Waals surface area contributed by atoms with Gasteiger partial charge in [-0.05, 0) is 20.8 Å². The van der Waals surface area contributed by atoms with Gasteiger partial charge in [0.1, 0.15) is 0 Å². The van der Waals surface area contributed by atoms with Gasteiger partial charge in [0.2, 0.25) is 6.29 Å². The van der Waals surface area contributed by atoms with E-state index in [0.29, 0.717) is 0 Å². The van der Waals surface area contributed by atoms with Crippen LogP contribution in [0.1, 0.15) is 20.8 Å². The van der Waals surface area contributed by atoms with Gasteiger partial charge in [0.15, 0.2) is 6.29 Å². The van der Waals surface area contributed by atoms with Gasteiger partial charge in [0, 0.05) is 6.08 Å². The molecule has 0 radical (unpaired) electrons. The van der Waals surface area contributed by atoms with Crippen LogP contribution in [0.3, 0.4) is 0 Å². The fourth-order valence-corrected chi connectivity index (χ4v) is 0.731. The molecule has 14 heavy (non-hydrogen) atoms. The number of rotatable bonds is 6. The van der Waals surface area contributed by atoms with Crippen LogP contribution in [-0.4, -0.2) is 18.5 Å². The first kappa shape index (κ1) is 12.7. The van der Waals surface area contributed by atoms with E-state index in [1.165, 1.54) is 6.26 Å². The average molecular weight is 200 g/mol. The highest BCUT2D eigenvalue weighted by Gasteiger charge is 2.10. The summed E-state index contributed by atoms with van der Waals surface area (Å²) in [4.78, 5) is 10.7. The minimum absolute atomic E-state index is 0.459. The minimum atomic E-state index is -0.652. The molecule has 0 aliphatic rings. The number of carbonyl (C=O) groups excluding carboxylic acids is 1. The zero-order valence-electron chi connectivity index (χ0n) is 8.73. The monoisotopic (exact) mass is 200 g/mol. The van der Waals surface area contributed by atoms with Crippen LogP contribution in [0.5, 0.6) is 0 Å². The van der Waals surface area contributed by atoms with E-state index in [2.05, 4.69) is 6.58 Å². The lowest BCUT2D eigenvalue weighted by Gasteiger charge is -2.17. The first-order valence-electron chi connectivity index (χ1n) is 4.35. The Morgan fingerprint density at radius 2 is 2.00 bits per heavy atom. The van der Waals surface area contributed by atoms with Gasteiger partial charge in [-0.1, -0.05) is 12.7 Å². The first-order valence-corrected chi connectivity index (χ1v) is 4.35. The van der Waals surface area contributed by atoms with Gasteiger partial charge in [-0.15, -0.1) is 0 Å². The summed E-state index contributed by atoms with van der Waals surface area (Å²) in [5.41, 5.74) is 0. The fourth-order valence-electron chi connectivity index (χ4n) is 0.731. The van der Waals surface area contributed by atoms with E-state index in [0.717, 1.165) is 6.08 Å². The largest absolute Gasteiger partial charge is 0.473 e. The Hall–Kier alpha value is -1.29. The fraction of sp³-hybridized carbons (Fsp3) is 0.500. The average Bonchev–Trinajstić information content (AvgIpc) is 2.14. The summed E-state index contributed by atoms with van der Waals surface area (Å²) in [6.45, 7) is 8.41. The van der Waals surface area contributed by atoms with E-state index < -0.39 is 18.5 Å². The molecule has 0 aliphatic carbocycles. The molecule has 2 atom stereocenters. The van der Waals surface area contributed by atoms with Crippen molar-refractivity contribution >= 4 is 5.97 Å². The Bertz CT molecular complexity index is 210. The Labute approximate surface area is 84.1 Å². The molecule has 4 heteroatoms. The molecule has 0 rings (SSSR count). The second kappa shape index (κ2) is 7.15. The molecule has 2 unspecified atom stereocenters. The molecular formula is C10H16O4. The number of allylic oxidation sites excluding steroid dienone is 1.